The third kappa shape index (κ3) is 2.51. The Morgan fingerprint density at radius 2 is 2.28 bits per heavy atom. The Balaban J connectivity index is 2.36. The molecule has 0 spiro atoms. The molecule has 5 heteroatoms. The predicted molar refractivity (Wildman–Crippen MR) is 75.0 cm³/mol. The number of carbonyl (C=O) groups excluding carboxylic acids is 1. The minimum Gasteiger partial charge on any atom is -0.358 e. The van der Waals surface area contributed by atoms with Gasteiger partial charge >= 0.3 is 0 Å². The van der Waals surface area contributed by atoms with Crippen LogP contribution in [0, 0.1) is 0 Å². The fraction of sp³-hybridized carbons (Fsp3) is 0.385. The molecule has 1 aromatic heterocycles. The Hall–Kier alpha value is -1.49. The van der Waals surface area contributed by atoms with Crippen LogP contribution in [0.15, 0.2) is 23.4 Å². The number of nitrogens with one attached hydrogen (secondary N) is 2. The summed E-state index contributed by atoms with van der Waals surface area (Å²) in [5.41, 5.74) is 3.10. The Labute approximate surface area is 111 Å². The van der Waals surface area contributed by atoms with Crippen LogP contribution in [0.4, 0.5) is 0 Å². The highest BCUT2D eigenvalue weighted by molar-refractivity contribution is 7.98. The summed E-state index contributed by atoms with van der Waals surface area (Å²) in [7, 11) is 0. The second kappa shape index (κ2) is 5.02. The summed E-state index contributed by atoms with van der Waals surface area (Å²) in [4.78, 5) is 18.1. The molecular weight excluding hydrogens is 246 g/mol. The van der Waals surface area contributed by atoms with Crippen LogP contribution in [0.25, 0.3) is 11.0 Å². The van der Waals surface area contributed by atoms with Gasteiger partial charge in [-0.15, -0.1) is 0 Å². The van der Waals surface area contributed by atoms with Crippen LogP contribution < -0.4 is 5.32 Å². The molecule has 0 unspecified atom stereocenters. The van der Waals surface area contributed by atoms with E-state index in [-0.39, 0.29) is 5.41 Å². The number of aromatic nitrogens is 2. The first-order valence-corrected chi connectivity index (χ1v) is 7.00. The van der Waals surface area contributed by atoms with Gasteiger partial charge in [-0.2, -0.15) is 0 Å². The van der Waals surface area contributed by atoms with Gasteiger partial charge < -0.3 is 10.3 Å². The molecule has 96 valence electrons. The molecule has 2 aromatic rings. The number of amides is 1. The summed E-state index contributed by atoms with van der Waals surface area (Å²) in [5, 5.41) is 3.66. The van der Waals surface area contributed by atoms with Gasteiger partial charge in [-0.05, 0) is 24.0 Å². The minimum atomic E-state index is -0.0975. The average molecular weight is 263 g/mol. The molecule has 0 saturated carbocycles. The number of nitrogens with zero attached hydrogens (tertiary/aromatic N) is 1. The molecule has 2 rings (SSSR count). The van der Waals surface area contributed by atoms with E-state index in [0.717, 1.165) is 22.6 Å². The number of imidazole rings is 1. The summed E-state index contributed by atoms with van der Waals surface area (Å²) in [6.07, 6.45) is 2.73. The van der Waals surface area contributed by atoms with Crippen molar-refractivity contribution in [2.24, 2.45) is 0 Å². The van der Waals surface area contributed by atoms with Crippen molar-refractivity contribution in [2.75, 3.05) is 12.8 Å². The van der Waals surface area contributed by atoms with E-state index in [0.29, 0.717) is 6.54 Å². The van der Waals surface area contributed by atoms with Crippen LogP contribution in [-0.2, 0) is 10.2 Å². The number of fused-ring (bicyclic) bond motifs is 1. The quantitative estimate of drug-likeness (QED) is 0.643. The minimum absolute atomic E-state index is 0.0975. The van der Waals surface area contributed by atoms with E-state index in [4.69, 9.17) is 0 Å². The van der Waals surface area contributed by atoms with Crippen LogP contribution in [0.1, 0.15) is 19.4 Å². The lowest BCUT2D eigenvalue weighted by Gasteiger charge is -2.24. The van der Waals surface area contributed by atoms with Gasteiger partial charge in [0.25, 0.3) is 0 Å². The molecule has 0 saturated heterocycles. The molecule has 0 aliphatic carbocycles. The van der Waals surface area contributed by atoms with E-state index < -0.39 is 0 Å². The van der Waals surface area contributed by atoms with E-state index in [1.54, 1.807) is 11.8 Å². The molecule has 2 N–H and O–H groups in total. The number of H-pyrrole nitrogens is 1. The van der Waals surface area contributed by atoms with Crippen molar-refractivity contribution in [1.82, 2.24) is 15.3 Å². The van der Waals surface area contributed by atoms with Crippen molar-refractivity contribution in [3.8, 4) is 0 Å². The standard InChI is InChI=1S/C13H17N3OS/c1-13(2,7-14-8-17)9-4-5-10-11(6-9)16-12(15-10)18-3/h4-6,8H,7H2,1-3H3,(H,14,17)(H,15,16). The highest BCUT2D eigenvalue weighted by atomic mass is 32.2. The molecule has 18 heavy (non-hydrogen) atoms. The van der Waals surface area contributed by atoms with Gasteiger partial charge in [0.1, 0.15) is 0 Å². The Morgan fingerprint density at radius 1 is 1.50 bits per heavy atom. The molecule has 0 bridgehead atoms. The van der Waals surface area contributed by atoms with E-state index in [1.807, 2.05) is 12.3 Å². The highest BCUT2D eigenvalue weighted by Gasteiger charge is 2.20. The third-order valence-corrected chi connectivity index (χ3v) is 3.64. The lowest BCUT2D eigenvalue weighted by atomic mass is 9.84. The van der Waals surface area contributed by atoms with Crippen molar-refractivity contribution in [3.63, 3.8) is 0 Å². The summed E-state index contributed by atoms with van der Waals surface area (Å²) in [6.45, 7) is 4.83. The van der Waals surface area contributed by atoms with Crippen molar-refractivity contribution >= 4 is 29.2 Å². The first kappa shape index (κ1) is 13.0. The molecule has 1 amide bonds. The van der Waals surface area contributed by atoms with Crippen LogP contribution >= 0.6 is 11.8 Å². The van der Waals surface area contributed by atoms with Gasteiger partial charge in [0, 0.05) is 12.0 Å². The van der Waals surface area contributed by atoms with Gasteiger partial charge in [0.2, 0.25) is 6.41 Å². The maximum atomic E-state index is 10.4. The number of aromatic amines is 1. The summed E-state index contributed by atoms with van der Waals surface area (Å²) in [6, 6.07) is 6.19. The van der Waals surface area contributed by atoms with Gasteiger partial charge in [0.15, 0.2) is 5.16 Å². The van der Waals surface area contributed by atoms with Crippen molar-refractivity contribution in [3.05, 3.63) is 23.8 Å². The van der Waals surface area contributed by atoms with Gasteiger partial charge in [-0.3, -0.25) is 4.79 Å². The zero-order chi connectivity index (χ0) is 13.2. The monoisotopic (exact) mass is 263 g/mol. The van der Waals surface area contributed by atoms with Crippen molar-refractivity contribution in [2.45, 2.75) is 24.4 Å². The number of hydrogen-bond donors (Lipinski definition) is 2. The maximum Gasteiger partial charge on any atom is 0.207 e. The van der Waals surface area contributed by atoms with Crippen LogP contribution in [0.5, 0.6) is 0 Å². The average Bonchev–Trinajstić information content (AvgIpc) is 2.78. The number of hydrogen-bond acceptors (Lipinski definition) is 3. The van der Waals surface area contributed by atoms with E-state index in [1.165, 1.54) is 5.56 Å². The molecule has 0 atom stereocenters. The number of carbonyl (C=O) groups is 1. The zero-order valence-electron chi connectivity index (χ0n) is 10.8. The summed E-state index contributed by atoms with van der Waals surface area (Å²) < 4.78 is 0. The summed E-state index contributed by atoms with van der Waals surface area (Å²) >= 11 is 1.60. The van der Waals surface area contributed by atoms with Crippen molar-refractivity contribution < 1.29 is 4.79 Å². The summed E-state index contributed by atoms with van der Waals surface area (Å²) in [5.74, 6) is 0. The molecule has 4 nitrogen and oxygen atoms in total. The first-order chi connectivity index (χ1) is 8.56. The van der Waals surface area contributed by atoms with Crippen LogP contribution in [0.2, 0.25) is 0 Å². The zero-order valence-corrected chi connectivity index (χ0v) is 11.6. The third-order valence-electron chi connectivity index (χ3n) is 3.06. The lowest BCUT2D eigenvalue weighted by molar-refractivity contribution is -0.109. The van der Waals surface area contributed by atoms with Crippen LogP contribution in [-0.4, -0.2) is 29.2 Å². The van der Waals surface area contributed by atoms with Gasteiger partial charge in [0.05, 0.1) is 11.0 Å². The molecule has 1 aromatic carbocycles. The van der Waals surface area contributed by atoms with E-state index in [9.17, 15) is 4.79 Å². The van der Waals surface area contributed by atoms with E-state index in [2.05, 4.69) is 41.3 Å². The molecule has 0 aliphatic rings. The molecule has 0 aliphatic heterocycles. The fourth-order valence-corrected chi connectivity index (χ4v) is 2.30. The number of rotatable bonds is 5. The second-order valence-corrected chi connectivity index (χ2v) is 5.66. The molecular formula is C13H17N3OS. The Morgan fingerprint density at radius 3 is 2.94 bits per heavy atom. The van der Waals surface area contributed by atoms with Gasteiger partial charge in [-0.25, -0.2) is 4.98 Å². The normalized spacial score (nSPS) is 11.7. The molecule has 0 fully saturated rings. The van der Waals surface area contributed by atoms with Crippen molar-refractivity contribution in [1.29, 1.82) is 0 Å². The lowest BCUT2D eigenvalue weighted by Crippen LogP contribution is -2.32. The Bertz CT molecular complexity index is 562. The number of thioether (sulfide) groups is 1. The predicted octanol–water partition coefficient (Wildman–Crippen LogP) is 2.31. The second-order valence-electron chi connectivity index (χ2n) is 4.86. The molecule has 1 heterocycles. The fourth-order valence-electron chi connectivity index (χ4n) is 1.90. The smallest absolute Gasteiger partial charge is 0.207 e. The molecule has 0 radical (unpaired) electrons. The highest BCUT2D eigenvalue weighted by Crippen LogP contribution is 2.26. The number of benzene rings is 1. The SMILES string of the molecule is CSc1nc2ccc(C(C)(C)CNC=O)cc2[nH]1. The van der Waals surface area contributed by atoms with Crippen LogP contribution in [0.3, 0.4) is 0 Å². The van der Waals surface area contributed by atoms with E-state index >= 15 is 0 Å². The topological polar surface area (TPSA) is 57.8 Å². The largest absolute Gasteiger partial charge is 0.358 e. The maximum absolute atomic E-state index is 10.4. The van der Waals surface area contributed by atoms with Gasteiger partial charge in [-0.1, -0.05) is 31.7 Å². The first-order valence-electron chi connectivity index (χ1n) is 5.78. The Kier molecular flexibility index (Phi) is 3.61.